The van der Waals surface area contributed by atoms with E-state index in [2.05, 4.69) is 38.1 Å². The number of halogens is 1. The van der Waals surface area contributed by atoms with Crippen molar-refractivity contribution >= 4 is 11.6 Å². The molecule has 0 fully saturated rings. The number of alkyl halides is 1. The standard InChI is InChI=1S/C12H17Cl/c1-3-6-12(13)9-11-8-5-4-7-10(11)2/h4-5,7-8,12H,3,6,9H2,1-2H3. The van der Waals surface area contributed by atoms with Gasteiger partial charge in [-0.25, -0.2) is 0 Å². The van der Waals surface area contributed by atoms with E-state index in [-0.39, 0.29) is 0 Å². The maximum absolute atomic E-state index is 6.19. The molecule has 1 atom stereocenters. The summed E-state index contributed by atoms with van der Waals surface area (Å²) >= 11 is 6.19. The average Bonchev–Trinajstić information content (AvgIpc) is 2.09. The van der Waals surface area contributed by atoms with Crippen LogP contribution in [-0.4, -0.2) is 5.38 Å². The summed E-state index contributed by atoms with van der Waals surface area (Å²) in [7, 11) is 0. The highest BCUT2D eigenvalue weighted by Crippen LogP contribution is 2.15. The predicted octanol–water partition coefficient (Wildman–Crippen LogP) is 3.95. The van der Waals surface area contributed by atoms with Crippen molar-refractivity contribution in [3.63, 3.8) is 0 Å². The van der Waals surface area contributed by atoms with Crippen LogP contribution in [0.5, 0.6) is 0 Å². The zero-order valence-corrected chi connectivity index (χ0v) is 9.14. The normalized spacial score (nSPS) is 12.8. The Kier molecular flexibility index (Phi) is 4.31. The first-order valence-electron chi connectivity index (χ1n) is 4.92. The second-order valence-corrected chi connectivity index (χ2v) is 4.13. The number of aryl methyl sites for hydroxylation is 1. The minimum atomic E-state index is 0.297. The van der Waals surface area contributed by atoms with Gasteiger partial charge in [0.15, 0.2) is 0 Å². The van der Waals surface area contributed by atoms with E-state index < -0.39 is 0 Å². The van der Waals surface area contributed by atoms with Crippen LogP contribution >= 0.6 is 11.6 Å². The molecule has 0 bridgehead atoms. The Hall–Kier alpha value is -0.490. The molecule has 0 aliphatic rings. The van der Waals surface area contributed by atoms with Crippen molar-refractivity contribution in [2.75, 3.05) is 0 Å². The van der Waals surface area contributed by atoms with Crippen LogP contribution < -0.4 is 0 Å². The van der Waals surface area contributed by atoms with Gasteiger partial charge in [-0.05, 0) is 30.9 Å². The second kappa shape index (κ2) is 5.29. The summed E-state index contributed by atoms with van der Waals surface area (Å²) in [6.45, 7) is 4.32. The van der Waals surface area contributed by atoms with E-state index in [4.69, 9.17) is 11.6 Å². The lowest BCUT2D eigenvalue weighted by Crippen LogP contribution is -2.03. The van der Waals surface area contributed by atoms with Crippen molar-refractivity contribution in [2.24, 2.45) is 0 Å². The molecular formula is C12H17Cl. The Bertz CT molecular complexity index is 255. The highest BCUT2D eigenvalue weighted by molar-refractivity contribution is 6.20. The number of benzene rings is 1. The van der Waals surface area contributed by atoms with Gasteiger partial charge in [-0.2, -0.15) is 0 Å². The van der Waals surface area contributed by atoms with Crippen LogP contribution in [0.25, 0.3) is 0 Å². The fraction of sp³-hybridized carbons (Fsp3) is 0.500. The van der Waals surface area contributed by atoms with Gasteiger partial charge in [0.05, 0.1) is 0 Å². The van der Waals surface area contributed by atoms with Crippen LogP contribution in [0.4, 0.5) is 0 Å². The minimum Gasteiger partial charge on any atom is -0.123 e. The zero-order valence-electron chi connectivity index (χ0n) is 8.39. The van der Waals surface area contributed by atoms with Crippen LogP contribution in [0.1, 0.15) is 30.9 Å². The molecule has 0 nitrogen and oxygen atoms in total. The highest BCUT2D eigenvalue weighted by Gasteiger charge is 2.05. The second-order valence-electron chi connectivity index (χ2n) is 3.52. The number of rotatable bonds is 4. The van der Waals surface area contributed by atoms with Gasteiger partial charge < -0.3 is 0 Å². The number of hydrogen-bond donors (Lipinski definition) is 0. The summed E-state index contributed by atoms with van der Waals surface area (Å²) in [6, 6.07) is 8.46. The van der Waals surface area contributed by atoms with Crippen LogP contribution in [0.15, 0.2) is 24.3 Å². The van der Waals surface area contributed by atoms with E-state index >= 15 is 0 Å². The van der Waals surface area contributed by atoms with Crippen molar-refractivity contribution in [3.8, 4) is 0 Å². The first kappa shape index (κ1) is 10.6. The SMILES string of the molecule is CCCC(Cl)Cc1ccccc1C. The maximum Gasteiger partial charge on any atom is 0.0376 e. The van der Waals surface area contributed by atoms with Crippen LogP contribution in [0.3, 0.4) is 0 Å². The Balaban J connectivity index is 2.58. The van der Waals surface area contributed by atoms with Crippen LogP contribution in [0.2, 0.25) is 0 Å². The molecule has 0 aliphatic heterocycles. The Labute approximate surface area is 85.9 Å². The lowest BCUT2D eigenvalue weighted by Gasteiger charge is -2.09. The molecule has 0 spiro atoms. The summed E-state index contributed by atoms with van der Waals surface area (Å²) in [5.74, 6) is 0. The van der Waals surface area contributed by atoms with E-state index in [0.29, 0.717) is 5.38 Å². The van der Waals surface area contributed by atoms with Crippen molar-refractivity contribution in [1.29, 1.82) is 0 Å². The molecular weight excluding hydrogens is 180 g/mol. The molecule has 0 aromatic heterocycles. The van der Waals surface area contributed by atoms with Gasteiger partial charge in [0, 0.05) is 5.38 Å². The summed E-state index contributed by atoms with van der Waals surface area (Å²) in [6.07, 6.45) is 3.28. The lowest BCUT2D eigenvalue weighted by atomic mass is 10.0. The first-order valence-corrected chi connectivity index (χ1v) is 5.36. The quantitative estimate of drug-likeness (QED) is 0.640. The summed E-state index contributed by atoms with van der Waals surface area (Å²) in [4.78, 5) is 0. The van der Waals surface area contributed by atoms with Crippen LogP contribution in [0, 0.1) is 6.92 Å². The van der Waals surface area contributed by atoms with Gasteiger partial charge in [0.25, 0.3) is 0 Å². The smallest absolute Gasteiger partial charge is 0.0376 e. The molecule has 1 heteroatoms. The molecule has 0 N–H and O–H groups in total. The molecule has 0 radical (unpaired) electrons. The van der Waals surface area contributed by atoms with E-state index in [0.717, 1.165) is 12.8 Å². The first-order chi connectivity index (χ1) is 6.24. The van der Waals surface area contributed by atoms with Gasteiger partial charge in [-0.15, -0.1) is 11.6 Å². The molecule has 0 saturated carbocycles. The van der Waals surface area contributed by atoms with Crippen molar-refractivity contribution in [1.82, 2.24) is 0 Å². The Morgan fingerprint density at radius 3 is 2.62 bits per heavy atom. The monoisotopic (exact) mass is 196 g/mol. The molecule has 1 aromatic carbocycles. The Morgan fingerprint density at radius 2 is 2.00 bits per heavy atom. The molecule has 1 aromatic rings. The van der Waals surface area contributed by atoms with Crippen molar-refractivity contribution < 1.29 is 0 Å². The lowest BCUT2D eigenvalue weighted by molar-refractivity contribution is 0.724. The van der Waals surface area contributed by atoms with Crippen LogP contribution in [-0.2, 0) is 6.42 Å². The molecule has 1 rings (SSSR count). The number of hydrogen-bond acceptors (Lipinski definition) is 0. The fourth-order valence-electron chi connectivity index (χ4n) is 1.49. The van der Waals surface area contributed by atoms with Gasteiger partial charge in [0.2, 0.25) is 0 Å². The van der Waals surface area contributed by atoms with E-state index in [1.54, 1.807) is 0 Å². The molecule has 72 valence electrons. The molecule has 1 unspecified atom stereocenters. The third-order valence-electron chi connectivity index (χ3n) is 2.30. The van der Waals surface area contributed by atoms with Gasteiger partial charge in [0.1, 0.15) is 0 Å². The third kappa shape index (κ3) is 3.40. The third-order valence-corrected chi connectivity index (χ3v) is 2.68. The summed E-state index contributed by atoms with van der Waals surface area (Å²) in [5, 5.41) is 0.297. The fourth-order valence-corrected chi connectivity index (χ4v) is 1.88. The van der Waals surface area contributed by atoms with E-state index in [1.807, 2.05) is 0 Å². The van der Waals surface area contributed by atoms with Gasteiger partial charge in [-0.1, -0.05) is 37.6 Å². The van der Waals surface area contributed by atoms with Gasteiger partial charge >= 0.3 is 0 Å². The topological polar surface area (TPSA) is 0 Å². The molecule has 0 amide bonds. The molecule has 0 heterocycles. The van der Waals surface area contributed by atoms with E-state index in [9.17, 15) is 0 Å². The summed E-state index contributed by atoms with van der Waals surface area (Å²) < 4.78 is 0. The van der Waals surface area contributed by atoms with E-state index in [1.165, 1.54) is 17.5 Å². The van der Waals surface area contributed by atoms with Crippen molar-refractivity contribution in [2.45, 2.75) is 38.5 Å². The Morgan fingerprint density at radius 1 is 1.31 bits per heavy atom. The molecule has 0 saturated heterocycles. The predicted molar refractivity (Wildman–Crippen MR) is 59.4 cm³/mol. The minimum absolute atomic E-state index is 0.297. The average molecular weight is 197 g/mol. The highest BCUT2D eigenvalue weighted by atomic mass is 35.5. The zero-order chi connectivity index (χ0) is 9.68. The molecule has 0 aliphatic carbocycles. The van der Waals surface area contributed by atoms with Gasteiger partial charge in [-0.3, -0.25) is 0 Å². The maximum atomic E-state index is 6.19. The van der Waals surface area contributed by atoms with Crippen molar-refractivity contribution in [3.05, 3.63) is 35.4 Å². The molecule has 13 heavy (non-hydrogen) atoms. The largest absolute Gasteiger partial charge is 0.123 e. The summed E-state index contributed by atoms with van der Waals surface area (Å²) in [5.41, 5.74) is 2.74.